The van der Waals surface area contributed by atoms with E-state index in [1.54, 1.807) is 12.1 Å². The molecule has 0 spiro atoms. The molecule has 6 nitrogen and oxygen atoms in total. The number of hydrogen-bond donors (Lipinski definition) is 2. The number of rotatable bonds is 4. The predicted molar refractivity (Wildman–Crippen MR) is 87.1 cm³/mol. The van der Waals surface area contributed by atoms with E-state index in [1.807, 2.05) is 0 Å². The molecule has 2 fully saturated rings. The Kier molecular flexibility index (Phi) is 5.30. The van der Waals surface area contributed by atoms with Crippen LogP contribution in [0.15, 0.2) is 24.3 Å². The quantitative estimate of drug-likeness (QED) is 0.885. The number of benzene rings is 1. The van der Waals surface area contributed by atoms with E-state index in [2.05, 4.69) is 10.6 Å². The van der Waals surface area contributed by atoms with Gasteiger partial charge in [-0.05, 0) is 37.8 Å². The molecule has 2 aliphatic rings. The lowest BCUT2D eigenvalue weighted by molar-refractivity contribution is -0.125. The molecule has 130 valence electrons. The Balaban J connectivity index is 1.56. The smallest absolute Gasteiger partial charge is 0.322 e. The van der Waals surface area contributed by atoms with Crippen LogP contribution in [-0.4, -0.2) is 48.7 Å². The third-order valence-electron chi connectivity index (χ3n) is 4.46. The van der Waals surface area contributed by atoms with E-state index in [0.29, 0.717) is 19.5 Å². The molecule has 2 atom stereocenters. The van der Waals surface area contributed by atoms with E-state index < -0.39 is 17.9 Å². The number of carbonyl (C=O) groups is 2. The average molecular weight is 335 g/mol. The molecule has 2 saturated heterocycles. The van der Waals surface area contributed by atoms with Crippen LogP contribution in [0.25, 0.3) is 0 Å². The minimum absolute atomic E-state index is 0.0658. The molecule has 0 aromatic heterocycles. The van der Waals surface area contributed by atoms with Crippen molar-refractivity contribution in [2.75, 3.05) is 25.0 Å². The monoisotopic (exact) mass is 335 g/mol. The molecule has 2 heterocycles. The van der Waals surface area contributed by atoms with Gasteiger partial charge in [0.05, 0.1) is 11.8 Å². The van der Waals surface area contributed by atoms with Crippen molar-refractivity contribution in [2.24, 2.45) is 0 Å². The lowest BCUT2D eigenvalue weighted by Gasteiger charge is -2.25. The van der Waals surface area contributed by atoms with Crippen LogP contribution in [0.5, 0.6) is 0 Å². The number of hydrogen-bond acceptors (Lipinski definition) is 3. The summed E-state index contributed by atoms with van der Waals surface area (Å²) in [4.78, 5) is 26.2. The maximum absolute atomic E-state index is 13.7. The van der Waals surface area contributed by atoms with Gasteiger partial charge in [0.2, 0.25) is 5.91 Å². The van der Waals surface area contributed by atoms with Crippen molar-refractivity contribution in [1.29, 1.82) is 0 Å². The maximum atomic E-state index is 13.7. The second-order valence-corrected chi connectivity index (χ2v) is 6.14. The van der Waals surface area contributed by atoms with E-state index in [1.165, 1.54) is 17.0 Å². The Bertz CT molecular complexity index is 604. The summed E-state index contributed by atoms with van der Waals surface area (Å²) in [6.07, 6.45) is 3.39. The van der Waals surface area contributed by atoms with E-state index >= 15 is 0 Å². The van der Waals surface area contributed by atoms with Crippen LogP contribution in [0.3, 0.4) is 0 Å². The number of urea groups is 1. The van der Waals surface area contributed by atoms with Gasteiger partial charge in [0.1, 0.15) is 11.9 Å². The number of para-hydroxylation sites is 1. The van der Waals surface area contributed by atoms with Crippen LogP contribution in [0.1, 0.15) is 25.7 Å². The lowest BCUT2D eigenvalue weighted by atomic mass is 10.2. The van der Waals surface area contributed by atoms with Gasteiger partial charge in [0.25, 0.3) is 0 Å². The second-order valence-electron chi connectivity index (χ2n) is 6.14. The average Bonchev–Trinajstić information content (AvgIpc) is 3.26. The summed E-state index contributed by atoms with van der Waals surface area (Å²) in [5.74, 6) is -0.670. The Morgan fingerprint density at radius 1 is 1.25 bits per heavy atom. The number of carbonyl (C=O) groups excluding carboxylic acids is 2. The van der Waals surface area contributed by atoms with Crippen molar-refractivity contribution >= 4 is 17.6 Å². The molecule has 7 heteroatoms. The van der Waals surface area contributed by atoms with Gasteiger partial charge in [-0.15, -0.1) is 0 Å². The largest absolute Gasteiger partial charge is 0.376 e. The summed E-state index contributed by atoms with van der Waals surface area (Å²) in [5.41, 5.74) is 0.118. The molecule has 2 N–H and O–H groups in total. The highest BCUT2D eigenvalue weighted by molar-refractivity contribution is 5.94. The number of nitrogens with zero attached hydrogens (tertiary/aromatic N) is 1. The Morgan fingerprint density at radius 2 is 2.08 bits per heavy atom. The molecule has 2 aliphatic heterocycles. The molecule has 24 heavy (non-hydrogen) atoms. The molecule has 3 amide bonds. The molecule has 0 aliphatic carbocycles. The first-order valence-electron chi connectivity index (χ1n) is 8.36. The highest BCUT2D eigenvalue weighted by Gasteiger charge is 2.34. The van der Waals surface area contributed by atoms with Crippen LogP contribution in [0, 0.1) is 5.82 Å². The highest BCUT2D eigenvalue weighted by Crippen LogP contribution is 2.20. The minimum Gasteiger partial charge on any atom is -0.376 e. The fourth-order valence-corrected chi connectivity index (χ4v) is 3.17. The summed E-state index contributed by atoms with van der Waals surface area (Å²) in [6.45, 7) is 1.69. The van der Waals surface area contributed by atoms with E-state index in [4.69, 9.17) is 4.74 Å². The van der Waals surface area contributed by atoms with Crippen LogP contribution in [0.2, 0.25) is 0 Å². The fraction of sp³-hybridized carbons (Fsp3) is 0.529. The summed E-state index contributed by atoms with van der Waals surface area (Å²) in [5, 5.41) is 5.41. The van der Waals surface area contributed by atoms with Crippen molar-refractivity contribution in [2.45, 2.75) is 37.8 Å². The van der Waals surface area contributed by atoms with Gasteiger partial charge in [-0.2, -0.15) is 0 Å². The lowest BCUT2D eigenvalue weighted by Crippen LogP contribution is -2.48. The minimum atomic E-state index is -0.516. The first-order chi connectivity index (χ1) is 11.6. The molecular formula is C17H22FN3O3. The summed E-state index contributed by atoms with van der Waals surface area (Å²) < 4.78 is 19.1. The van der Waals surface area contributed by atoms with Gasteiger partial charge in [0, 0.05) is 19.7 Å². The molecular weight excluding hydrogens is 313 g/mol. The predicted octanol–water partition coefficient (Wildman–Crippen LogP) is 2.12. The van der Waals surface area contributed by atoms with Gasteiger partial charge in [-0.1, -0.05) is 12.1 Å². The zero-order chi connectivity index (χ0) is 16.9. The van der Waals surface area contributed by atoms with Crippen molar-refractivity contribution in [3.05, 3.63) is 30.1 Å². The SMILES string of the molecule is O=C(NC[C@@H]1CCCO1)[C@H]1CCCN1C(=O)Nc1ccccc1F. The van der Waals surface area contributed by atoms with Crippen molar-refractivity contribution in [3.63, 3.8) is 0 Å². The van der Waals surface area contributed by atoms with Gasteiger partial charge in [-0.25, -0.2) is 9.18 Å². The van der Waals surface area contributed by atoms with Crippen molar-refractivity contribution in [1.82, 2.24) is 10.2 Å². The Labute approximate surface area is 140 Å². The van der Waals surface area contributed by atoms with Crippen LogP contribution >= 0.6 is 0 Å². The third-order valence-corrected chi connectivity index (χ3v) is 4.46. The van der Waals surface area contributed by atoms with Gasteiger partial charge < -0.3 is 20.3 Å². The fourth-order valence-electron chi connectivity index (χ4n) is 3.17. The normalized spacial score (nSPS) is 23.3. The standard InChI is InChI=1S/C17H22FN3O3/c18-13-6-1-2-7-14(13)20-17(23)21-9-3-8-15(21)16(22)19-11-12-5-4-10-24-12/h1-2,6-7,12,15H,3-5,8-11H2,(H,19,22)(H,20,23)/t12-,15+/m0/s1. The zero-order valence-electron chi connectivity index (χ0n) is 13.5. The summed E-state index contributed by atoms with van der Waals surface area (Å²) in [7, 11) is 0. The number of amides is 3. The first-order valence-corrected chi connectivity index (χ1v) is 8.36. The second kappa shape index (κ2) is 7.61. The zero-order valence-corrected chi connectivity index (χ0v) is 13.5. The summed E-state index contributed by atoms with van der Waals surface area (Å²) in [6, 6.07) is 5.02. The van der Waals surface area contributed by atoms with Crippen molar-refractivity contribution in [3.8, 4) is 0 Å². The topological polar surface area (TPSA) is 70.7 Å². The number of halogens is 1. The molecule has 0 unspecified atom stereocenters. The Hall–Kier alpha value is -2.15. The number of nitrogens with one attached hydrogen (secondary N) is 2. The molecule has 0 radical (unpaired) electrons. The highest BCUT2D eigenvalue weighted by atomic mass is 19.1. The maximum Gasteiger partial charge on any atom is 0.322 e. The molecule has 1 aromatic rings. The molecule has 3 rings (SSSR count). The van der Waals surface area contributed by atoms with Crippen molar-refractivity contribution < 1.29 is 18.7 Å². The first kappa shape index (κ1) is 16.7. The number of likely N-dealkylation sites (tertiary alicyclic amines) is 1. The van der Waals surface area contributed by atoms with Gasteiger partial charge >= 0.3 is 6.03 Å². The van der Waals surface area contributed by atoms with Crippen LogP contribution in [-0.2, 0) is 9.53 Å². The number of anilines is 1. The van der Waals surface area contributed by atoms with Crippen LogP contribution < -0.4 is 10.6 Å². The molecule has 0 saturated carbocycles. The van der Waals surface area contributed by atoms with Crippen LogP contribution in [0.4, 0.5) is 14.9 Å². The molecule has 1 aromatic carbocycles. The summed E-state index contributed by atoms with van der Waals surface area (Å²) >= 11 is 0. The van der Waals surface area contributed by atoms with E-state index in [0.717, 1.165) is 25.9 Å². The van der Waals surface area contributed by atoms with E-state index in [-0.39, 0.29) is 17.7 Å². The van der Waals surface area contributed by atoms with E-state index in [9.17, 15) is 14.0 Å². The number of ether oxygens (including phenoxy) is 1. The van der Waals surface area contributed by atoms with Gasteiger partial charge in [-0.3, -0.25) is 4.79 Å². The Morgan fingerprint density at radius 3 is 2.83 bits per heavy atom. The van der Waals surface area contributed by atoms with Gasteiger partial charge in [0.15, 0.2) is 0 Å². The third kappa shape index (κ3) is 3.84. The molecule has 0 bridgehead atoms.